The molecule has 0 atom stereocenters. The predicted octanol–water partition coefficient (Wildman–Crippen LogP) is 2.52. The van der Waals surface area contributed by atoms with Gasteiger partial charge >= 0.3 is 6.09 Å². The Labute approximate surface area is 143 Å². The topological polar surface area (TPSA) is 71.0 Å². The first-order valence-electron chi connectivity index (χ1n) is 8.72. The summed E-state index contributed by atoms with van der Waals surface area (Å²) in [4.78, 5) is 12.6. The fourth-order valence-electron chi connectivity index (χ4n) is 2.69. The molecule has 1 aliphatic rings. The Morgan fingerprint density at radius 1 is 1.12 bits per heavy atom. The van der Waals surface area contributed by atoms with Crippen molar-refractivity contribution >= 4 is 11.8 Å². The quantitative estimate of drug-likeness (QED) is 0.643. The second-order valence-electron chi connectivity index (χ2n) is 5.92. The van der Waals surface area contributed by atoms with Crippen molar-refractivity contribution in [3.63, 3.8) is 0 Å². The molecule has 0 bridgehead atoms. The van der Waals surface area contributed by atoms with Crippen LogP contribution < -0.4 is 10.2 Å². The maximum Gasteiger partial charge on any atom is 0.404 e. The van der Waals surface area contributed by atoms with Gasteiger partial charge in [-0.3, -0.25) is 0 Å². The summed E-state index contributed by atoms with van der Waals surface area (Å²) < 4.78 is 11.0. The van der Waals surface area contributed by atoms with Gasteiger partial charge in [0.25, 0.3) is 0 Å². The summed E-state index contributed by atoms with van der Waals surface area (Å²) in [6.07, 6.45) is 2.78. The molecule has 24 heavy (non-hydrogen) atoms. The van der Waals surface area contributed by atoms with Crippen LogP contribution in [0.4, 0.5) is 10.5 Å². The van der Waals surface area contributed by atoms with Crippen molar-refractivity contribution in [1.82, 2.24) is 5.32 Å². The SMILES string of the molecule is O=C(O)NCCCCCOCCc1ccc(N2CCOCC2)cc1. The fourth-order valence-corrected chi connectivity index (χ4v) is 2.69. The third kappa shape index (κ3) is 7.19. The van der Waals surface area contributed by atoms with Crippen molar-refractivity contribution in [2.75, 3.05) is 51.0 Å². The molecule has 1 aromatic carbocycles. The molecule has 134 valence electrons. The normalized spacial score (nSPS) is 14.6. The Balaban J connectivity index is 1.52. The molecule has 1 saturated heterocycles. The number of hydrogen-bond acceptors (Lipinski definition) is 4. The summed E-state index contributed by atoms with van der Waals surface area (Å²) in [5.41, 5.74) is 2.55. The van der Waals surface area contributed by atoms with E-state index < -0.39 is 6.09 Å². The summed E-state index contributed by atoms with van der Waals surface area (Å²) >= 11 is 0. The van der Waals surface area contributed by atoms with E-state index >= 15 is 0 Å². The number of hydrogen-bond donors (Lipinski definition) is 2. The summed E-state index contributed by atoms with van der Waals surface area (Å²) in [5, 5.41) is 10.8. The first-order chi connectivity index (χ1) is 11.8. The zero-order valence-electron chi connectivity index (χ0n) is 14.2. The smallest absolute Gasteiger partial charge is 0.404 e. The first kappa shape index (κ1) is 18.5. The van der Waals surface area contributed by atoms with E-state index in [-0.39, 0.29) is 0 Å². The summed E-state index contributed by atoms with van der Waals surface area (Å²) in [6, 6.07) is 8.70. The van der Waals surface area contributed by atoms with Crippen molar-refractivity contribution in [1.29, 1.82) is 0 Å². The van der Waals surface area contributed by atoms with Crippen molar-refractivity contribution < 1.29 is 19.4 Å². The minimum atomic E-state index is -0.953. The van der Waals surface area contributed by atoms with Crippen LogP contribution in [0.3, 0.4) is 0 Å². The minimum absolute atomic E-state index is 0.519. The fraction of sp³-hybridized carbons (Fsp3) is 0.611. The molecule has 0 saturated carbocycles. The molecule has 2 rings (SSSR count). The van der Waals surface area contributed by atoms with Gasteiger partial charge in [0.05, 0.1) is 19.8 Å². The van der Waals surface area contributed by atoms with Crippen LogP contribution in [0.25, 0.3) is 0 Å². The van der Waals surface area contributed by atoms with E-state index in [0.717, 1.165) is 65.2 Å². The standard InChI is InChI=1S/C18H28N2O4/c21-18(22)19-9-2-1-3-12-23-13-8-16-4-6-17(7-5-16)20-10-14-24-15-11-20/h4-7,19H,1-3,8-15H2,(H,21,22). The van der Waals surface area contributed by atoms with Gasteiger partial charge in [-0.15, -0.1) is 0 Å². The van der Waals surface area contributed by atoms with Gasteiger partial charge in [0.1, 0.15) is 0 Å². The number of amides is 1. The molecule has 1 aliphatic heterocycles. The third-order valence-corrected chi connectivity index (χ3v) is 4.09. The number of carboxylic acid groups (broad SMARTS) is 1. The molecule has 0 aliphatic carbocycles. The minimum Gasteiger partial charge on any atom is -0.465 e. The van der Waals surface area contributed by atoms with Crippen LogP contribution >= 0.6 is 0 Å². The van der Waals surface area contributed by atoms with Crippen LogP contribution in [0.2, 0.25) is 0 Å². The number of benzene rings is 1. The molecule has 1 heterocycles. The van der Waals surface area contributed by atoms with E-state index in [4.69, 9.17) is 14.6 Å². The molecule has 0 spiro atoms. The van der Waals surface area contributed by atoms with Gasteiger partial charge in [0, 0.05) is 31.9 Å². The highest BCUT2D eigenvalue weighted by Crippen LogP contribution is 2.16. The second kappa shape index (κ2) is 10.9. The van der Waals surface area contributed by atoms with Gasteiger partial charge in [0.2, 0.25) is 0 Å². The molecule has 1 amide bonds. The largest absolute Gasteiger partial charge is 0.465 e. The van der Waals surface area contributed by atoms with Crippen LogP contribution in [0.5, 0.6) is 0 Å². The van der Waals surface area contributed by atoms with Crippen LogP contribution in [0, 0.1) is 0 Å². The number of carbonyl (C=O) groups is 1. The molecular weight excluding hydrogens is 308 g/mol. The Kier molecular flexibility index (Phi) is 8.41. The number of nitrogens with one attached hydrogen (secondary N) is 1. The lowest BCUT2D eigenvalue weighted by Crippen LogP contribution is -2.36. The number of anilines is 1. The molecule has 0 radical (unpaired) electrons. The van der Waals surface area contributed by atoms with Gasteiger partial charge in [0.15, 0.2) is 0 Å². The molecule has 0 unspecified atom stereocenters. The maximum atomic E-state index is 10.3. The third-order valence-electron chi connectivity index (χ3n) is 4.09. The van der Waals surface area contributed by atoms with Crippen molar-refractivity contribution in [3.05, 3.63) is 29.8 Å². The van der Waals surface area contributed by atoms with E-state index in [0.29, 0.717) is 6.54 Å². The van der Waals surface area contributed by atoms with Gasteiger partial charge in [-0.25, -0.2) is 4.79 Å². The van der Waals surface area contributed by atoms with E-state index in [1.54, 1.807) is 0 Å². The number of rotatable bonds is 10. The van der Waals surface area contributed by atoms with Crippen LogP contribution in [-0.4, -0.2) is 57.3 Å². The maximum absolute atomic E-state index is 10.3. The summed E-state index contributed by atoms with van der Waals surface area (Å²) in [6.45, 7) is 5.52. The second-order valence-corrected chi connectivity index (χ2v) is 5.92. The van der Waals surface area contributed by atoms with Crippen LogP contribution in [-0.2, 0) is 15.9 Å². The molecule has 2 N–H and O–H groups in total. The number of ether oxygens (including phenoxy) is 2. The molecule has 1 aromatic rings. The van der Waals surface area contributed by atoms with Gasteiger partial charge in [-0.2, -0.15) is 0 Å². The van der Waals surface area contributed by atoms with E-state index in [2.05, 4.69) is 34.5 Å². The van der Waals surface area contributed by atoms with Crippen LogP contribution in [0.1, 0.15) is 24.8 Å². The number of unbranched alkanes of at least 4 members (excludes halogenated alkanes) is 2. The zero-order chi connectivity index (χ0) is 17.0. The highest BCUT2D eigenvalue weighted by molar-refractivity contribution is 5.64. The van der Waals surface area contributed by atoms with Crippen LogP contribution in [0.15, 0.2) is 24.3 Å². The van der Waals surface area contributed by atoms with E-state index in [1.807, 2.05) is 0 Å². The predicted molar refractivity (Wildman–Crippen MR) is 93.9 cm³/mol. The van der Waals surface area contributed by atoms with E-state index in [1.165, 1.54) is 11.3 Å². The molecular formula is C18H28N2O4. The highest BCUT2D eigenvalue weighted by Gasteiger charge is 2.10. The van der Waals surface area contributed by atoms with Gasteiger partial charge in [-0.1, -0.05) is 12.1 Å². The van der Waals surface area contributed by atoms with Crippen molar-refractivity contribution in [2.24, 2.45) is 0 Å². The van der Waals surface area contributed by atoms with Crippen molar-refractivity contribution in [2.45, 2.75) is 25.7 Å². The zero-order valence-corrected chi connectivity index (χ0v) is 14.2. The Hall–Kier alpha value is -1.79. The highest BCUT2D eigenvalue weighted by atomic mass is 16.5. The summed E-state index contributed by atoms with van der Waals surface area (Å²) in [7, 11) is 0. The van der Waals surface area contributed by atoms with Gasteiger partial charge in [-0.05, 0) is 43.4 Å². The molecule has 6 heteroatoms. The lowest BCUT2D eigenvalue weighted by molar-refractivity contribution is 0.122. The number of morpholine rings is 1. The monoisotopic (exact) mass is 336 g/mol. The van der Waals surface area contributed by atoms with Gasteiger partial charge < -0.3 is 24.8 Å². The summed E-state index contributed by atoms with van der Waals surface area (Å²) in [5.74, 6) is 0. The Bertz CT molecular complexity index is 472. The number of nitrogens with zero attached hydrogens (tertiary/aromatic N) is 1. The average molecular weight is 336 g/mol. The Morgan fingerprint density at radius 2 is 1.88 bits per heavy atom. The van der Waals surface area contributed by atoms with E-state index in [9.17, 15) is 4.79 Å². The molecule has 0 aromatic heterocycles. The average Bonchev–Trinajstić information content (AvgIpc) is 2.61. The molecule has 1 fully saturated rings. The van der Waals surface area contributed by atoms with Crippen molar-refractivity contribution in [3.8, 4) is 0 Å². The Morgan fingerprint density at radius 3 is 2.58 bits per heavy atom. The molecule has 6 nitrogen and oxygen atoms in total. The first-order valence-corrected chi connectivity index (χ1v) is 8.72. The lowest BCUT2D eigenvalue weighted by atomic mass is 10.1. The lowest BCUT2D eigenvalue weighted by Gasteiger charge is -2.28.